The van der Waals surface area contributed by atoms with Gasteiger partial charge in [0.2, 0.25) is 0 Å². The van der Waals surface area contributed by atoms with Crippen molar-refractivity contribution in [2.75, 3.05) is 6.61 Å². The highest BCUT2D eigenvalue weighted by Crippen LogP contribution is 2.14. The van der Waals surface area contributed by atoms with E-state index < -0.39 is 0 Å². The Kier molecular flexibility index (Phi) is 7.19. The molecule has 19 heavy (non-hydrogen) atoms. The largest absolute Gasteiger partial charge is 0.384 e. The summed E-state index contributed by atoms with van der Waals surface area (Å²) >= 11 is 0. The van der Waals surface area contributed by atoms with Gasteiger partial charge in [-0.2, -0.15) is 0 Å². The van der Waals surface area contributed by atoms with Gasteiger partial charge < -0.3 is 10.5 Å². The maximum absolute atomic E-state index is 7.42. The SMILES string of the molecule is CCCCC(CC)COCc1cccc(C(=N)N)c1. The van der Waals surface area contributed by atoms with E-state index >= 15 is 0 Å². The third-order valence-electron chi connectivity index (χ3n) is 3.40. The second-order valence-corrected chi connectivity index (χ2v) is 5.05. The molecule has 0 spiro atoms. The minimum absolute atomic E-state index is 0.108. The summed E-state index contributed by atoms with van der Waals surface area (Å²) in [5, 5.41) is 7.42. The first-order valence-corrected chi connectivity index (χ1v) is 7.18. The Balaban J connectivity index is 2.39. The summed E-state index contributed by atoms with van der Waals surface area (Å²) < 4.78 is 5.79. The average molecular weight is 262 g/mol. The van der Waals surface area contributed by atoms with Gasteiger partial charge >= 0.3 is 0 Å². The number of rotatable bonds is 9. The Morgan fingerprint density at radius 3 is 2.79 bits per heavy atom. The molecule has 1 aromatic carbocycles. The van der Waals surface area contributed by atoms with E-state index in [-0.39, 0.29) is 5.84 Å². The normalized spacial score (nSPS) is 12.3. The fourth-order valence-corrected chi connectivity index (χ4v) is 2.07. The number of nitrogens with two attached hydrogens (primary N) is 1. The lowest BCUT2D eigenvalue weighted by Gasteiger charge is -2.14. The molecule has 3 nitrogen and oxygen atoms in total. The van der Waals surface area contributed by atoms with Crippen LogP contribution in [-0.4, -0.2) is 12.4 Å². The molecule has 0 fully saturated rings. The van der Waals surface area contributed by atoms with Crippen LogP contribution in [0.5, 0.6) is 0 Å². The Labute approximate surface area is 116 Å². The first-order valence-electron chi connectivity index (χ1n) is 7.18. The molecular formula is C16H26N2O. The van der Waals surface area contributed by atoms with Crippen molar-refractivity contribution in [2.24, 2.45) is 11.7 Å². The van der Waals surface area contributed by atoms with Gasteiger partial charge in [-0.05, 0) is 24.0 Å². The zero-order valence-electron chi connectivity index (χ0n) is 12.1. The van der Waals surface area contributed by atoms with E-state index in [1.165, 1.54) is 25.7 Å². The lowest BCUT2D eigenvalue weighted by molar-refractivity contribution is 0.0820. The molecule has 3 N–H and O–H groups in total. The summed E-state index contributed by atoms with van der Waals surface area (Å²) in [5.41, 5.74) is 7.32. The smallest absolute Gasteiger partial charge is 0.122 e. The van der Waals surface area contributed by atoms with Crippen LogP contribution in [0.25, 0.3) is 0 Å². The van der Waals surface area contributed by atoms with Crippen molar-refractivity contribution in [3.63, 3.8) is 0 Å². The molecule has 1 aromatic rings. The molecule has 0 heterocycles. The minimum atomic E-state index is 0.108. The van der Waals surface area contributed by atoms with Crippen molar-refractivity contribution in [3.05, 3.63) is 35.4 Å². The average Bonchev–Trinajstić information content (AvgIpc) is 2.43. The van der Waals surface area contributed by atoms with Crippen molar-refractivity contribution in [1.29, 1.82) is 5.41 Å². The molecule has 3 heteroatoms. The van der Waals surface area contributed by atoms with Gasteiger partial charge in [0.05, 0.1) is 6.61 Å². The van der Waals surface area contributed by atoms with Crippen LogP contribution >= 0.6 is 0 Å². The van der Waals surface area contributed by atoms with Crippen LogP contribution in [0.1, 0.15) is 50.7 Å². The van der Waals surface area contributed by atoms with Crippen LogP contribution in [-0.2, 0) is 11.3 Å². The number of hydrogen-bond donors (Lipinski definition) is 2. The molecule has 0 saturated carbocycles. The van der Waals surface area contributed by atoms with E-state index in [1.807, 2.05) is 24.3 Å². The molecule has 0 aromatic heterocycles. The van der Waals surface area contributed by atoms with Gasteiger partial charge in [-0.15, -0.1) is 0 Å². The van der Waals surface area contributed by atoms with Gasteiger partial charge in [0.15, 0.2) is 0 Å². The number of nitrogens with one attached hydrogen (secondary N) is 1. The van der Waals surface area contributed by atoms with Crippen molar-refractivity contribution in [3.8, 4) is 0 Å². The van der Waals surface area contributed by atoms with Crippen LogP contribution in [0.15, 0.2) is 24.3 Å². The molecule has 1 atom stereocenters. The van der Waals surface area contributed by atoms with Gasteiger partial charge in [-0.25, -0.2) is 0 Å². The second-order valence-electron chi connectivity index (χ2n) is 5.05. The van der Waals surface area contributed by atoms with Gasteiger partial charge in [0.1, 0.15) is 5.84 Å². The first-order chi connectivity index (χ1) is 9.17. The molecular weight excluding hydrogens is 236 g/mol. The molecule has 1 rings (SSSR count). The summed E-state index contributed by atoms with van der Waals surface area (Å²) in [7, 11) is 0. The minimum Gasteiger partial charge on any atom is -0.384 e. The van der Waals surface area contributed by atoms with Gasteiger partial charge in [-0.3, -0.25) is 5.41 Å². The maximum atomic E-state index is 7.42. The van der Waals surface area contributed by atoms with Gasteiger partial charge in [0, 0.05) is 12.2 Å². The fraction of sp³-hybridized carbons (Fsp3) is 0.562. The predicted molar refractivity (Wildman–Crippen MR) is 80.4 cm³/mol. The summed E-state index contributed by atoms with van der Waals surface area (Å²) in [6, 6.07) is 7.71. The van der Waals surface area contributed by atoms with Crippen molar-refractivity contribution in [1.82, 2.24) is 0 Å². The quantitative estimate of drug-likeness (QED) is 0.526. The molecule has 106 valence electrons. The number of benzene rings is 1. The monoisotopic (exact) mass is 262 g/mol. The van der Waals surface area contributed by atoms with Gasteiger partial charge in [-0.1, -0.05) is 51.3 Å². The summed E-state index contributed by atoms with van der Waals surface area (Å²) in [4.78, 5) is 0. The van der Waals surface area contributed by atoms with Crippen molar-refractivity contribution in [2.45, 2.75) is 46.1 Å². The number of unbranched alkanes of at least 4 members (excludes halogenated alkanes) is 1. The standard InChI is InChI=1S/C16H26N2O/c1-3-5-7-13(4-2)11-19-12-14-8-6-9-15(10-14)16(17)18/h6,8-10,13H,3-5,7,11-12H2,1-2H3,(H3,17,18). The van der Waals surface area contributed by atoms with Crippen molar-refractivity contribution < 1.29 is 4.74 Å². The highest BCUT2D eigenvalue weighted by atomic mass is 16.5. The fourth-order valence-electron chi connectivity index (χ4n) is 2.07. The van der Waals surface area contributed by atoms with E-state index in [9.17, 15) is 0 Å². The summed E-state index contributed by atoms with van der Waals surface area (Å²) in [6.45, 7) is 5.87. The van der Waals surface area contributed by atoms with Crippen LogP contribution in [0.3, 0.4) is 0 Å². The zero-order chi connectivity index (χ0) is 14.1. The molecule has 0 amide bonds. The molecule has 0 aliphatic rings. The highest BCUT2D eigenvalue weighted by Gasteiger charge is 2.06. The molecule has 0 radical (unpaired) electrons. The van der Waals surface area contributed by atoms with E-state index in [4.69, 9.17) is 15.9 Å². The van der Waals surface area contributed by atoms with Crippen LogP contribution in [0.2, 0.25) is 0 Å². The number of nitrogen functional groups attached to an aromatic ring is 1. The number of hydrogen-bond acceptors (Lipinski definition) is 2. The zero-order valence-corrected chi connectivity index (χ0v) is 12.1. The molecule has 0 aliphatic heterocycles. The van der Waals surface area contributed by atoms with E-state index in [1.54, 1.807) is 0 Å². The van der Waals surface area contributed by atoms with Crippen LogP contribution in [0, 0.1) is 11.3 Å². The first kappa shape index (κ1) is 15.7. The molecule has 1 unspecified atom stereocenters. The lowest BCUT2D eigenvalue weighted by atomic mass is 10.0. The maximum Gasteiger partial charge on any atom is 0.122 e. The third kappa shape index (κ3) is 5.88. The van der Waals surface area contributed by atoms with Crippen LogP contribution in [0.4, 0.5) is 0 Å². The highest BCUT2D eigenvalue weighted by molar-refractivity contribution is 5.95. The van der Waals surface area contributed by atoms with E-state index in [0.717, 1.165) is 17.7 Å². The Morgan fingerprint density at radius 2 is 2.16 bits per heavy atom. The van der Waals surface area contributed by atoms with E-state index in [0.29, 0.717) is 12.5 Å². The Morgan fingerprint density at radius 1 is 1.37 bits per heavy atom. The van der Waals surface area contributed by atoms with Crippen LogP contribution < -0.4 is 5.73 Å². The summed E-state index contributed by atoms with van der Waals surface area (Å²) in [5.74, 6) is 0.771. The van der Waals surface area contributed by atoms with Gasteiger partial charge in [0.25, 0.3) is 0 Å². The van der Waals surface area contributed by atoms with E-state index in [2.05, 4.69) is 13.8 Å². The number of ether oxygens (including phenoxy) is 1. The third-order valence-corrected chi connectivity index (χ3v) is 3.40. The molecule has 0 aliphatic carbocycles. The van der Waals surface area contributed by atoms with Crippen molar-refractivity contribution >= 4 is 5.84 Å². The lowest BCUT2D eigenvalue weighted by Crippen LogP contribution is -2.12. The molecule has 0 bridgehead atoms. The molecule has 0 saturated heterocycles. The predicted octanol–water partition coefficient (Wildman–Crippen LogP) is 3.70. The topological polar surface area (TPSA) is 59.1 Å². The Hall–Kier alpha value is -1.35. The Bertz CT molecular complexity index is 390. The number of amidine groups is 1. The summed E-state index contributed by atoms with van der Waals surface area (Å²) in [6.07, 6.45) is 4.95. The second kappa shape index (κ2) is 8.70.